The molecule has 1 N–H and O–H groups in total. The van der Waals surface area contributed by atoms with Crippen LogP contribution in [0.4, 0.5) is 0 Å². The molecule has 12 atom stereocenters. The van der Waals surface area contributed by atoms with E-state index in [1.54, 1.807) is 113 Å². The lowest BCUT2D eigenvalue weighted by atomic mass is 9.44. The molecule has 2 saturated carbocycles. The maximum absolute atomic E-state index is 16.7. The van der Waals surface area contributed by atoms with Crippen LogP contribution in [0, 0.1) is 16.7 Å². The zero-order chi connectivity index (χ0) is 60.0. The molecule has 0 spiro atoms. The van der Waals surface area contributed by atoms with Crippen LogP contribution in [0.15, 0.2) is 126 Å². The Hall–Kier alpha value is -6.96. The number of aliphatic hydroxyl groups is 1. The van der Waals surface area contributed by atoms with E-state index in [-0.39, 0.29) is 29.7 Å². The minimum Gasteiger partial charge on any atom is -0.493 e. The van der Waals surface area contributed by atoms with Crippen LogP contribution in [-0.2, 0) is 56.8 Å². The second-order valence-electron chi connectivity index (χ2n) is 23.3. The lowest BCUT2D eigenvalue weighted by Crippen LogP contribution is -2.82. The molecule has 12 unspecified atom stereocenters. The zero-order valence-electron chi connectivity index (χ0n) is 49.4. The second kappa shape index (κ2) is 23.6. The fraction of sp³-hybridized carbons (Fsp3) is 0.477. The van der Waals surface area contributed by atoms with Crippen molar-refractivity contribution in [2.24, 2.45) is 16.7 Å². The topological polar surface area (TPSA) is 209 Å². The summed E-state index contributed by atoms with van der Waals surface area (Å²) in [5, 5.41) is 14.5. The first kappa shape index (κ1) is 60.6. The molecule has 2 aliphatic heterocycles. The van der Waals surface area contributed by atoms with E-state index < -0.39 is 127 Å². The minimum atomic E-state index is -2.68. The number of methoxy groups -OCH3 is 2. The number of carbonyl (C=O) groups is 6. The summed E-state index contributed by atoms with van der Waals surface area (Å²) in [6.07, 6.45) is -8.33. The van der Waals surface area contributed by atoms with Crippen LogP contribution >= 0.6 is 0 Å². The SMILES string of the molecule is CC[Si](CC)(CC)OC1CC2OCC2(OC(C)=O)C2C(OC(=O)c3ccccc3)C3(O)CC(OC(=O)C4OC(c5ccc(OC)c(OC)c5)N(C(=O)/C(C)=C/c5ccccc5)C4c4ccccc4)C(C)=C(C(OC(C)=O)C(=O)C12C)C3(C)C. The van der Waals surface area contributed by atoms with Crippen molar-refractivity contribution in [3.8, 4) is 11.5 Å². The summed E-state index contributed by atoms with van der Waals surface area (Å²) in [7, 11) is 0.301. The highest BCUT2D eigenvalue weighted by molar-refractivity contribution is 6.73. The normalized spacial score (nSPS) is 30.1. The van der Waals surface area contributed by atoms with Gasteiger partial charge in [0, 0.05) is 43.2 Å². The first-order valence-electron chi connectivity index (χ1n) is 28.6. The molecule has 2 heterocycles. The van der Waals surface area contributed by atoms with Gasteiger partial charge in [0.25, 0.3) is 5.91 Å². The van der Waals surface area contributed by atoms with Crippen LogP contribution in [0.2, 0.25) is 18.1 Å². The number of fused-ring (bicyclic) bond motifs is 5. The van der Waals surface area contributed by atoms with Crippen LogP contribution in [0.5, 0.6) is 11.5 Å². The van der Waals surface area contributed by atoms with Crippen molar-refractivity contribution >= 4 is 50.0 Å². The van der Waals surface area contributed by atoms with Crippen LogP contribution in [0.3, 0.4) is 0 Å². The van der Waals surface area contributed by atoms with Gasteiger partial charge in [-0.1, -0.05) is 120 Å². The number of amides is 1. The first-order valence-corrected chi connectivity index (χ1v) is 31.1. The molecule has 4 aromatic carbocycles. The van der Waals surface area contributed by atoms with Crippen LogP contribution in [0.1, 0.15) is 121 Å². The maximum atomic E-state index is 16.7. The number of Topliss-reactive ketones (excluding diaryl/α,β-unsaturated/α-hetero) is 1. The largest absolute Gasteiger partial charge is 0.493 e. The average molecular weight is 1160 g/mol. The Morgan fingerprint density at radius 2 is 1.39 bits per heavy atom. The average Bonchev–Trinajstić information content (AvgIpc) is 3.81. The molecule has 17 nitrogen and oxygen atoms in total. The van der Waals surface area contributed by atoms with E-state index in [0.29, 0.717) is 46.3 Å². The molecule has 4 aromatic rings. The predicted octanol–water partition coefficient (Wildman–Crippen LogP) is 10.0. The van der Waals surface area contributed by atoms with Crippen molar-refractivity contribution < 1.29 is 76.2 Å². The standard InChI is InChI=1S/C65H77NO16Si/c1-13-83(14-2,15-3)82-49-35-50-64(37-76-50,81-41(7)68)55-57(80-60(71)44-29-23-18-24-30-44)65(73)36-48(39(5)51(62(65,8)9)53(77-40(6)67)56(69)63(49,55)10)78-61(72)54-52(43-27-21-17-22-28-43)66(58(70)38(4)33-42-25-19-16-20-26-42)59(79-54)45-31-32-46(74-11)47(34-45)75-12/h16-34,48-50,52-55,57,59,73H,13-15,35-37H2,1-12H3/b38-33+. The van der Waals surface area contributed by atoms with E-state index >= 15 is 14.4 Å². The van der Waals surface area contributed by atoms with E-state index in [1.807, 2.05) is 36.4 Å². The summed E-state index contributed by atoms with van der Waals surface area (Å²) in [5.41, 5.74) is -5.05. The van der Waals surface area contributed by atoms with Crippen LogP contribution in [-0.4, -0.2) is 123 Å². The van der Waals surface area contributed by atoms with Gasteiger partial charge in [0.05, 0.1) is 49.9 Å². The third-order valence-corrected chi connectivity index (χ3v) is 23.3. The van der Waals surface area contributed by atoms with Crippen molar-refractivity contribution in [2.75, 3.05) is 20.8 Å². The van der Waals surface area contributed by atoms with Crippen LogP contribution in [0.25, 0.3) is 6.08 Å². The maximum Gasteiger partial charge on any atom is 0.338 e. The number of ether oxygens (including phenoxy) is 8. The molecule has 0 aromatic heterocycles. The fourth-order valence-corrected chi connectivity index (χ4v) is 16.9. The van der Waals surface area contributed by atoms with Gasteiger partial charge in [-0.25, -0.2) is 9.59 Å². The summed E-state index contributed by atoms with van der Waals surface area (Å²) in [6, 6.07) is 32.4. The molecule has 5 aliphatic rings. The molecule has 0 radical (unpaired) electrons. The van der Waals surface area contributed by atoms with Gasteiger partial charge in [0.15, 0.2) is 49.6 Å². The summed E-state index contributed by atoms with van der Waals surface area (Å²) >= 11 is 0. The molecule has 9 rings (SSSR count). The molecule has 18 heteroatoms. The van der Waals surface area contributed by atoms with E-state index in [9.17, 15) is 19.5 Å². The highest BCUT2D eigenvalue weighted by Crippen LogP contribution is 2.65. The summed E-state index contributed by atoms with van der Waals surface area (Å²) < 4.78 is 58.2. The van der Waals surface area contributed by atoms with Gasteiger partial charge in [0.2, 0.25) is 0 Å². The smallest absolute Gasteiger partial charge is 0.338 e. The molecule has 4 fully saturated rings. The van der Waals surface area contributed by atoms with Gasteiger partial charge < -0.3 is 47.4 Å². The Morgan fingerprint density at radius 3 is 1.95 bits per heavy atom. The van der Waals surface area contributed by atoms with E-state index in [4.69, 9.17) is 42.3 Å². The summed E-state index contributed by atoms with van der Waals surface area (Å²) in [4.78, 5) is 91.6. The lowest BCUT2D eigenvalue weighted by Gasteiger charge is -2.68. The molecular weight excluding hydrogens is 1080 g/mol. The Labute approximate surface area is 486 Å². The first-order chi connectivity index (χ1) is 39.5. The predicted molar refractivity (Wildman–Crippen MR) is 308 cm³/mol. The quantitative estimate of drug-likeness (QED) is 0.0343. The van der Waals surface area contributed by atoms with Gasteiger partial charge in [-0.15, -0.1) is 0 Å². The van der Waals surface area contributed by atoms with E-state index in [1.165, 1.54) is 33.0 Å². The second-order valence-corrected chi connectivity index (χ2v) is 28.1. The number of benzene rings is 4. The fourth-order valence-electron chi connectivity index (χ4n) is 14.0. The van der Waals surface area contributed by atoms with Crippen molar-refractivity contribution in [1.29, 1.82) is 0 Å². The molecular formula is C65H77NO16Si. The third kappa shape index (κ3) is 10.5. The molecule has 1 amide bonds. The number of rotatable bonds is 17. The molecule has 442 valence electrons. The van der Waals surface area contributed by atoms with Gasteiger partial charge in [-0.2, -0.15) is 0 Å². The Morgan fingerprint density at radius 1 is 0.771 bits per heavy atom. The Kier molecular flexibility index (Phi) is 17.2. The lowest BCUT2D eigenvalue weighted by molar-refractivity contribution is -0.344. The molecule has 3 aliphatic carbocycles. The molecule has 2 saturated heterocycles. The highest BCUT2D eigenvalue weighted by Gasteiger charge is 2.79. The van der Waals surface area contributed by atoms with Crippen molar-refractivity contribution in [3.05, 3.63) is 148 Å². The summed E-state index contributed by atoms with van der Waals surface area (Å²) in [5.74, 6) is -5.18. The van der Waals surface area contributed by atoms with Gasteiger partial charge >= 0.3 is 23.9 Å². The van der Waals surface area contributed by atoms with Gasteiger partial charge in [-0.05, 0) is 91.5 Å². The molecule has 2 bridgehead atoms. The van der Waals surface area contributed by atoms with E-state index in [0.717, 1.165) is 5.56 Å². The van der Waals surface area contributed by atoms with Crippen molar-refractivity contribution in [2.45, 2.75) is 160 Å². The van der Waals surface area contributed by atoms with E-state index in [2.05, 4.69) is 20.8 Å². The number of ketones is 1. The monoisotopic (exact) mass is 1160 g/mol. The minimum absolute atomic E-state index is 0.0718. The van der Waals surface area contributed by atoms with Gasteiger partial charge in [-0.3, -0.25) is 24.1 Å². The number of hydrogen-bond donors (Lipinski definition) is 1. The number of nitrogens with zero attached hydrogens (tertiary/aromatic N) is 1. The van der Waals surface area contributed by atoms with Crippen LogP contribution < -0.4 is 9.47 Å². The Bertz CT molecular complexity index is 3170. The highest BCUT2D eigenvalue weighted by atomic mass is 28.4. The van der Waals surface area contributed by atoms with Crippen molar-refractivity contribution in [1.82, 2.24) is 4.90 Å². The number of esters is 4. The van der Waals surface area contributed by atoms with Crippen molar-refractivity contribution in [3.63, 3.8) is 0 Å². The zero-order valence-corrected chi connectivity index (χ0v) is 50.4. The number of hydrogen-bond acceptors (Lipinski definition) is 16. The van der Waals surface area contributed by atoms with Gasteiger partial charge in [0.1, 0.15) is 23.9 Å². The molecule has 83 heavy (non-hydrogen) atoms. The Balaban J connectivity index is 1.25. The third-order valence-electron chi connectivity index (χ3n) is 18.7. The summed E-state index contributed by atoms with van der Waals surface area (Å²) in [6.45, 7) is 16.7. The number of carbonyl (C=O) groups excluding carboxylic acids is 6.